The maximum atomic E-state index is 12.7. The highest BCUT2D eigenvalue weighted by atomic mass is 16.6. The number of rotatable bonds is 43. The molecule has 0 saturated heterocycles. The zero-order valence-electron chi connectivity index (χ0n) is 38.0. The SMILES string of the molecule is CC/C=C/C=C/C=C/CCCCCCCC(=O)OC(COC(=O)CCCCC/C=C/CCCCCCCC)COC(=O)CCCCC/C=C/CCCCCCCCC. The maximum absolute atomic E-state index is 12.7. The first-order valence-corrected chi connectivity index (χ1v) is 24.3. The van der Waals surface area contributed by atoms with Crippen molar-refractivity contribution in [1.29, 1.82) is 0 Å². The van der Waals surface area contributed by atoms with Gasteiger partial charge in [-0.2, -0.15) is 0 Å². The quantitative estimate of drug-likeness (QED) is 0.0201. The maximum Gasteiger partial charge on any atom is 0.306 e. The van der Waals surface area contributed by atoms with Crippen LogP contribution in [-0.2, 0) is 28.6 Å². The molecule has 0 aliphatic rings. The summed E-state index contributed by atoms with van der Waals surface area (Å²) < 4.78 is 16.7. The van der Waals surface area contributed by atoms with E-state index >= 15 is 0 Å². The average Bonchev–Trinajstić information content (AvgIpc) is 3.22. The van der Waals surface area contributed by atoms with E-state index in [1.165, 1.54) is 83.5 Å². The molecule has 0 aromatic rings. The van der Waals surface area contributed by atoms with E-state index in [-0.39, 0.29) is 31.1 Å². The molecule has 0 N–H and O–H groups in total. The molecule has 0 radical (unpaired) electrons. The molecule has 0 aliphatic carbocycles. The molecule has 6 nitrogen and oxygen atoms in total. The van der Waals surface area contributed by atoms with Crippen molar-refractivity contribution in [1.82, 2.24) is 0 Å². The van der Waals surface area contributed by atoms with Crippen LogP contribution in [0.15, 0.2) is 60.8 Å². The van der Waals surface area contributed by atoms with Gasteiger partial charge in [-0.05, 0) is 89.9 Å². The van der Waals surface area contributed by atoms with Crippen molar-refractivity contribution in [3.05, 3.63) is 60.8 Å². The fraction of sp³-hybridized carbons (Fsp3) is 0.750. The first kappa shape index (κ1) is 55.1. The molecule has 0 rings (SSSR count). The molecule has 0 saturated carbocycles. The Kier molecular flexibility index (Phi) is 44.5. The molecule has 6 heteroatoms. The molecule has 0 bridgehead atoms. The van der Waals surface area contributed by atoms with Gasteiger partial charge in [-0.1, -0.05) is 184 Å². The molecule has 0 aliphatic heterocycles. The van der Waals surface area contributed by atoms with Crippen LogP contribution in [0.25, 0.3) is 0 Å². The lowest BCUT2D eigenvalue weighted by Crippen LogP contribution is -2.30. The third kappa shape index (κ3) is 44.2. The van der Waals surface area contributed by atoms with E-state index in [4.69, 9.17) is 14.2 Å². The van der Waals surface area contributed by atoms with Crippen LogP contribution in [0.5, 0.6) is 0 Å². The minimum atomic E-state index is -0.794. The fourth-order valence-electron chi connectivity index (χ4n) is 6.61. The van der Waals surface area contributed by atoms with Crippen molar-refractivity contribution in [2.24, 2.45) is 0 Å². The predicted octanol–water partition coefficient (Wildman–Crippen LogP) is 15.7. The summed E-state index contributed by atoms with van der Waals surface area (Å²) in [6, 6.07) is 0. The lowest BCUT2D eigenvalue weighted by atomic mass is 10.1. The van der Waals surface area contributed by atoms with Crippen LogP contribution in [0, 0.1) is 0 Å². The third-order valence-electron chi connectivity index (χ3n) is 10.3. The average molecular weight is 811 g/mol. The second-order valence-electron chi connectivity index (χ2n) is 16.0. The van der Waals surface area contributed by atoms with Crippen LogP contribution >= 0.6 is 0 Å². The van der Waals surface area contributed by atoms with E-state index < -0.39 is 6.10 Å². The van der Waals surface area contributed by atoms with Gasteiger partial charge in [0.05, 0.1) is 0 Å². The third-order valence-corrected chi connectivity index (χ3v) is 10.3. The van der Waals surface area contributed by atoms with E-state index in [9.17, 15) is 14.4 Å². The number of hydrogen-bond donors (Lipinski definition) is 0. The summed E-state index contributed by atoms with van der Waals surface area (Å²) >= 11 is 0. The number of carbonyl (C=O) groups is 3. The molecular formula is C52H90O6. The monoisotopic (exact) mass is 811 g/mol. The van der Waals surface area contributed by atoms with Crippen LogP contribution < -0.4 is 0 Å². The van der Waals surface area contributed by atoms with Crippen LogP contribution in [0.3, 0.4) is 0 Å². The van der Waals surface area contributed by atoms with E-state index in [2.05, 4.69) is 81.5 Å². The summed E-state index contributed by atoms with van der Waals surface area (Å²) in [5.74, 6) is -0.947. The summed E-state index contributed by atoms with van der Waals surface area (Å²) in [5, 5.41) is 0. The zero-order valence-corrected chi connectivity index (χ0v) is 38.0. The highest BCUT2D eigenvalue weighted by Crippen LogP contribution is 2.13. The normalized spacial score (nSPS) is 12.5. The molecule has 0 aromatic heterocycles. The van der Waals surface area contributed by atoms with Gasteiger partial charge >= 0.3 is 17.9 Å². The van der Waals surface area contributed by atoms with Gasteiger partial charge in [0.1, 0.15) is 13.2 Å². The molecule has 1 atom stereocenters. The fourth-order valence-corrected chi connectivity index (χ4v) is 6.61. The van der Waals surface area contributed by atoms with Crippen LogP contribution in [-0.4, -0.2) is 37.2 Å². The number of unbranched alkanes of at least 4 members (excludes halogenated alkanes) is 24. The topological polar surface area (TPSA) is 78.9 Å². The van der Waals surface area contributed by atoms with Gasteiger partial charge in [-0.3, -0.25) is 14.4 Å². The molecule has 0 amide bonds. The molecule has 58 heavy (non-hydrogen) atoms. The molecule has 0 aromatic carbocycles. The van der Waals surface area contributed by atoms with Crippen molar-refractivity contribution in [3.63, 3.8) is 0 Å². The zero-order chi connectivity index (χ0) is 42.3. The van der Waals surface area contributed by atoms with Crippen molar-refractivity contribution < 1.29 is 28.6 Å². The van der Waals surface area contributed by atoms with Crippen LogP contribution in [0.4, 0.5) is 0 Å². The molecule has 0 fully saturated rings. The lowest BCUT2D eigenvalue weighted by Gasteiger charge is -2.18. The molecule has 0 spiro atoms. The van der Waals surface area contributed by atoms with E-state index in [1.54, 1.807) is 0 Å². The van der Waals surface area contributed by atoms with Gasteiger partial charge in [-0.15, -0.1) is 0 Å². The van der Waals surface area contributed by atoms with Crippen LogP contribution in [0.1, 0.15) is 233 Å². The van der Waals surface area contributed by atoms with E-state index in [0.717, 1.165) is 109 Å². The van der Waals surface area contributed by atoms with E-state index in [0.29, 0.717) is 19.3 Å². The summed E-state index contributed by atoms with van der Waals surface area (Å²) in [6.45, 7) is 6.44. The Labute approximate surface area is 358 Å². The van der Waals surface area contributed by atoms with Crippen molar-refractivity contribution in [2.75, 3.05) is 13.2 Å². The smallest absolute Gasteiger partial charge is 0.306 e. The standard InChI is InChI=1S/C52H90O6/c1-4-7-10-13-16-19-22-25-28-30-33-36-39-42-45-51(54)57-48-49(58-52(55)46-43-40-37-34-31-27-24-21-18-15-12-9-6-3)47-56-50(53)44-41-38-35-32-29-26-23-20-17-14-11-8-5-2/h9,12,15,18,21,24,26,28-30,49H,4-8,10-11,13-14,16-17,19-20,22-23,25,27,31-48H2,1-3H3/b12-9+,18-15+,24-21+,29-26+,30-28+. The molecule has 0 heterocycles. The number of esters is 3. The lowest BCUT2D eigenvalue weighted by molar-refractivity contribution is -0.167. The predicted molar refractivity (Wildman–Crippen MR) is 247 cm³/mol. The summed E-state index contributed by atoms with van der Waals surface area (Å²) in [7, 11) is 0. The second-order valence-corrected chi connectivity index (χ2v) is 16.0. The molecule has 1 unspecified atom stereocenters. The number of allylic oxidation sites excluding steroid dienone is 10. The minimum absolute atomic E-state index is 0.0954. The van der Waals surface area contributed by atoms with Gasteiger partial charge in [0.25, 0.3) is 0 Å². The Balaban J connectivity index is 4.45. The molecular weight excluding hydrogens is 721 g/mol. The summed E-state index contributed by atoms with van der Waals surface area (Å²) in [5.41, 5.74) is 0. The van der Waals surface area contributed by atoms with Crippen molar-refractivity contribution in [3.8, 4) is 0 Å². The Morgan fingerprint density at radius 3 is 1.10 bits per heavy atom. The van der Waals surface area contributed by atoms with Gasteiger partial charge < -0.3 is 14.2 Å². The Morgan fingerprint density at radius 2 is 0.690 bits per heavy atom. The summed E-state index contributed by atoms with van der Waals surface area (Å²) in [4.78, 5) is 37.8. The van der Waals surface area contributed by atoms with Crippen LogP contribution in [0.2, 0.25) is 0 Å². The summed E-state index contributed by atoms with van der Waals surface area (Å²) in [6.07, 6.45) is 56.3. The number of ether oxygens (including phenoxy) is 3. The minimum Gasteiger partial charge on any atom is -0.462 e. The van der Waals surface area contributed by atoms with Crippen molar-refractivity contribution in [2.45, 2.75) is 239 Å². The van der Waals surface area contributed by atoms with E-state index in [1.807, 2.05) is 0 Å². The van der Waals surface area contributed by atoms with Gasteiger partial charge in [0.2, 0.25) is 0 Å². The van der Waals surface area contributed by atoms with Gasteiger partial charge in [0, 0.05) is 19.3 Å². The first-order valence-electron chi connectivity index (χ1n) is 24.3. The highest BCUT2D eigenvalue weighted by Gasteiger charge is 2.19. The Bertz CT molecular complexity index is 1070. The Hall–Kier alpha value is -2.89. The van der Waals surface area contributed by atoms with Gasteiger partial charge in [0.15, 0.2) is 6.10 Å². The van der Waals surface area contributed by atoms with Crippen molar-refractivity contribution >= 4 is 17.9 Å². The van der Waals surface area contributed by atoms with Gasteiger partial charge in [-0.25, -0.2) is 0 Å². The highest BCUT2D eigenvalue weighted by molar-refractivity contribution is 5.71. The second kappa shape index (κ2) is 46.8. The number of hydrogen-bond acceptors (Lipinski definition) is 6. The largest absolute Gasteiger partial charge is 0.462 e. The first-order chi connectivity index (χ1) is 28.5. The Morgan fingerprint density at radius 1 is 0.362 bits per heavy atom. The molecule has 334 valence electrons. The number of carbonyl (C=O) groups excluding carboxylic acids is 3.